The van der Waals surface area contributed by atoms with E-state index in [-0.39, 0.29) is 6.04 Å². The highest BCUT2D eigenvalue weighted by molar-refractivity contribution is 8.00. The van der Waals surface area contributed by atoms with E-state index in [0.29, 0.717) is 5.25 Å². The lowest BCUT2D eigenvalue weighted by molar-refractivity contribution is 0.414. The van der Waals surface area contributed by atoms with E-state index >= 15 is 0 Å². The molecule has 0 aliphatic heterocycles. The van der Waals surface area contributed by atoms with E-state index in [2.05, 4.69) is 31.1 Å². The van der Waals surface area contributed by atoms with Gasteiger partial charge in [-0.05, 0) is 43.8 Å². The summed E-state index contributed by atoms with van der Waals surface area (Å²) in [5.74, 6) is 2.04. The molecule has 1 aliphatic rings. The Morgan fingerprint density at radius 3 is 2.89 bits per heavy atom. The third-order valence-electron chi connectivity index (χ3n) is 3.40. The summed E-state index contributed by atoms with van der Waals surface area (Å²) < 4.78 is 5.27. The fraction of sp³-hybridized carbons (Fsp3) is 0.571. The lowest BCUT2D eigenvalue weighted by atomic mass is 10.1. The standard InChI is InChI=1S/C14H22N2OS/c1-16(2)6-7-18-13-8-10-4-5-11(17-3)9-12(10)14(13)15/h4-5,9,13-14H,6-8,15H2,1-3H3. The van der Waals surface area contributed by atoms with Crippen molar-refractivity contribution in [3.63, 3.8) is 0 Å². The largest absolute Gasteiger partial charge is 0.497 e. The molecule has 0 saturated heterocycles. The van der Waals surface area contributed by atoms with Gasteiger partial charge in [0.25, 0.3) is 0 Å². The van der Waals surface area contributed by atoms with Crippen LogP contribution in [0, 0.1) is 0 Å². The molecule has 0 amide bonds. The van der Waals surface area contributed by atoms with Gasteiger partial charge in [0.05, 0.1) is 7.11 Å². The summed E-state index contributed by atoms with van der Waals surface area (Å²) in [6.07, 6.45) is 1.08. The zero-order chi connectivity index (χ0) is 13.1. The van der Waals surface area contributed by atoms with Crippen molar-refractivity contribution in [3.05, 3.63) is 29.3 Å². The molecule has 2 unspecified atom stereocenters. The maximum Gasteiger partial charge on any atom is 0.119 e. The number of hydrogen-bond acceptors (Lipinski definition) is 4. The second-order valence-electron chi connectivity index (χ2n) is 5.01. The summed E-state index contributed by atoms with van der Waals surface area (Å²) in [5.41, 5.74) is 8.98. The normalized spacial score (nSPS) is 22.3. The molecule has 0 aromatic heterocycles. The quantitative estimate of drug-likeness (QED) is 0.883. The van der Waals surface area contributed by atoms with Gasteiger partial charge in [-0.1, -0.05) is 6.07 Å². The van der Waals surface area contributed by atoms with Crippen LogP contribution in [0.5, 0.6) is 5.75 Å². The second-order valence-corrected chi connectivity index (χ2v) is 6.35. The number of fused-ring (bicyclic) bond motifs is 1. The highest BCUT2D eigenvalue weighted by Crippen LogP contribution is 2.38. The molecule has 100 valence electrons. The Morgan fingerprint density at radius 2 is 2.22 bits per heavy atom. The number of benzene rings is 1. The van der Waals surface area contributed by atoms with Crippen LogP contribution in [0.4, 0.5) is 0 Å². The smallest absolute Gasteiger partial charge is 0.119 e. The molecule has 1 aromatic rings. The number of ether oxygens (including phenoxy) is 1. The van der Waals surface area contributed by atoms with E-state index in [1.54, 1.807) is 7.11 Å². The molecule has 1 aromatic carbocycles. The minimum absolute atomic E-state index is 0.141. The summed E-state index contributed by atoms with van der Waals surface area (Å²) in [4.78, 5) is 2.21. The van der Waals surface area contributed by atoms with Crippen molar-refractivity contribution in [2.75, 3.05) is 33.5 Å². The van der Waals surface area contributed by atoms with Gasteiger partial charge >= 0.3 is 0 Å². The number of hydrogen-bond donors (Lipinski definition) is 1. The Labute approximate surface area is 114 Å². The molecule has 2 N–H and O–H groups in total. The van der Waals surface area contributed by atoms with Gasteiger partial charge in [0.1, 0.15) is 5.75 Å². The van der Waals surface area contributed by atoms with Gasteiger partial charge in [-0.3, -0.25) is 0 Å². The summed E-state index contributed by atoms with van der Waals surface area (Å²) in [5, 5.41) is 0.507. The lowest BCUT2D eigenvalue weighted by Crippen LogP contribution is -2.22. The van der Waals surface area contributed by atoms with Crippen LogP contribution < -0.4 is 10.5 Å². The highest BCUT2D eigenvalue weighted by atomic mass is 32.2. The summed E-state index contributed by atoms with van der Waals surface area (Å²) in [6.45, 7) is 1.10. The number of rotatable bonds is 5. The molecule has 0 fully saturated rings. The van der Waals surface area contributed by atoms with E-state index in [0.717, 1.165) is 24.5 Å². The first-order valence-corrected chi connectivity index (χ1v) is 7.35. The molecular formula is C14H22N2OS. The molecule has 0 radical (unpaired) electrons. The Bertz CT molecular complexity index is 409. The van der Waals surface area contributed by atoms with E-state index in [9.17, 15) is 0 Å². The van der Waals surface area contributed by atoms with E-state index in [1.165, 1.54) is 11.1 Å². The second kappa shape index (κ2) is 5.95. The van der Waals surface area contributed by atoms with Gasteiger partial charge in [0, 0.05) is 23.6 Å². The number of nitrogens with zero attached hydrogens (tertiary/aromatic N) is 1. The molecule has 3 nitrogen and oxygen atoms in total. The maximum atomic E-state index is 6.34. The van der Waals surface area contributed by atoms with E-state index in [4.69, 9.17) is 10.5 Å². The van der Waals surface area contributed by atoms with Gasteiger partial charge in [0.2, 0.25) is 0 Å². The zero-order valence-electron chi connectivity index (χ0n) is 11.3. The van der Waals surface area contributed by atoms with Crippen molar-refractivity contribution in [2.24, 2.45) is 5.73 Å². The Balaban J connectivity index is 1.99. The number of nitrogens with two attached hydrogens (primary N) is 1. The van der Waals surface area contributed by atoms with E-state index in [1.807, 2.05) is 17.8 Å². The van der Waals surface area contributed by atoms with Crippen LogP contribution in [0.2, 0.25) is 0 Å². The van der Waals surface area contributed by atoms with E-state index < -0.39 is 0 Å². The summed E-state index contributed by atoms with van der Waals surface area (Å²) in [6, 6.07) is 6.41. The first kappa shape index (κ1) is 13.7. The van der Waals surface area contributed by atoms with Crippen LogP contribution in [0.25, 0.3) is 0 Å². The molecular weight excluding hydrogens is 244 g/mol. The average Bonchev–Trinajstić information content (AvgIpc) is 2.66. The summed E-state index contributed by atoms with van der Waals surface area (Å²) >= 11 is 1.98. The third-order valence-corrected chi connectivity index (χ3v) is 4.71. The third kappa shape index (κ3) is 2.99. The zero-order valence-corrected chi connectivity index (χ0v) is 12.2. The lowest BCUT2D eigenvalue weighted by Gasteiger charge is -2.17. The van der Waals surface area contributed by atoms with Crippen LogP contribution in [0.15, 0.2) is 18.2 Å². The first-order chi connectivity index (χ1) is 8.61. The van der Waals surface area contributed by atoms with Gasteiger partial charge in [0.15, 0.2) is 0 Å². The van der Waals surface area contributed by atoms with Crippen molar-refractivity contribution in [1.29, 1.82) is 0 Å². The molecule has 4 heteroatoms. The van der Waals surface area contributed by atoms with Gasteiger partial charge in [-0.2, -0.15) is 11.8 Å². The highest BCUT2D eigenvalue weighted by Gasteiger charge is 2.30. The molecule has 2 atom stereocenters. The van der Waals surface area contributed by atoms with Crippen LogP contribution >= 0.6 is 11.8 Å². The fourth-order valence-corrected chi connectivity index (χ4v) is 3.71. The van der Waals surface area contributed by atoms with Gasteiger partial charge in [-0.15, -0.1) is 0 Å². The SMILES string of the molecule is COc1ccc2c(c1)C(N)C(SCCN(C)C)C2. The molecule has 0 spiro atoms. The molecule has 2 rings (SSSR count). The van der Waals surface area contributed by atoms with Crippen molar-refractivity contribution in [1.82, 2.24) is 4.90 Å². The first-order valence-electron chi connectivity index (χ1n) is 6.30. The fourth-order valence-electron chi connectivity index (χ4n) is 2.29. The Hall–Kier alpha value is -0.710. The molecule has 18 heavy (non-hydrogen) atoms. The van der Waals surface area contributed by atoms with Crippen molar-refractivity contribution < 1.29 is 4.74 Å². The minimum atomic E-state index is 0.141. The molecule has 0 bridgehead atoms. The maximum absolute atomic E-state index is 6.34. The van der Waals surface area contributed by atoms with Crippen LogP contribution in [-0.2, 0) is 6.42 Å². The number of thioether (sulfide) groups is 1. The van der Waals surface area contributed by atoms with Crippen LogP contribution in [0.1, 0.15) is 17.2 Å². The topological polar surface area (TPSA) is 38.5 Å². The molecule has 0 saturated carbocycles. The Morgan fingerprint density at radius 1 is 1.44 bits per heavy atom. The monoisotopic (exact) mass is 266 g/mol. The van der Waals surface area contributed by atoms with Crippen molar-refractivity contribution >= 4 is 11.8 Å². The van der Waals surface area contributed by atoms with Gasteiger partial charge < -0.3 is 15.4 Å². The predicted octanol–water partition coefficient (Wildman–Crippen LogP) is 1.91. The van der Waals surface area contributed by atoms with Crippen molar-refractivity contribution in [2.45, 2.75) is 17.7 Å². The van der Waals surface area contributed by atoms with Gasteiger partial charge in [-0.25, -0.2) is 0 Å². The average molecular weight is 266 g/mol. The van der Waals surface area contributed by atoms with Crippen molar-refractivity contribution in [3.8, 4) is 5.75 Å². The molecule has 1 aliphatic carbocycles. The Kier molecular flexibility index (Phi) is 4.54. The number of methoxy groups -OCH3 is 1. The van der Waals surface area contributed by atoms with Crippen LogP contribution in [-0.4, -0.2) is 43.7 Å². The minimum Gasteiger partial charge on any atom is -0.497 e. The summed E-state index contributed by atoms with van der Waals surface area (Å²) in [7, 11) is 5.91. The van der Waals surface area contributed by atoms with Crippen LogP contribution in [0.3, 0.4) is 0 Å². The molecule has 0 heterocycles. The predicted molar refractivity (Wildman–Crippen MR) is 78.4 cm³/mol.